The summed E-state index contributed by atoms with van der Waals surface area (Å²) in [5.41, 5.74) is 5.11. The average molecular weight is 612 g/mol. The fraction of sp³-hybridized carbons (Fsp3) is 0.171. The summed E-state index contributed by atoms with van der Waals surface area (Å²) < 4.78 is 20.6. The number of anilines is 3. The lowest BCUT2D eigenvalue weighted by Crippen LogP contribution is -2.18. The van der Waals surface area contributed by atoms with E-state index in [9.17, 15) is 10.1 Å². The number of nitrogens with one attached hydrogen (secondary N) is 2. The molecule has 4 aromatic heterocycles. The fourth-order valence-corrected chi connectivity index (χ4v) is 5.03. The number of nitrogens with zero attached hydrogens (tertiary/aromatic N) is 7. The second-order valence-electron chi connectivity index (χ2n) is 11.5. The highest BCUT2D eigenvalue weighted by atomic mass is 19.1. The largest absolute Gasteiger partial charge is 0.350 e. The number of fused-ring (bicyclic) bond motifs is 1. The number of aryl methyl sites for hydroxylation is 2. The second kappa shape index (κ2) is 12.1. The van der Waals surface area contributed by atoms with Gasteiger partial charge in [-0.15, -0.1) is 0 Å². The van der Waals surface area contributed by atoms with Crippen LogP contribution in [-0.2, 0) is 19.0 Å². The summed E-state index contributed by atoms with van der Waals surface area (Å²) >= 11 is 0. The molecule has 0 radical (unpaired) electrons. The van der Waals surface area contributed by atoms with E-state index in [1.165, 1.54) is 12.1 Å². The number of pyridine rings is 1. The molecule has 2 aromatic carbocycles. The summed E-state index contributed by atoms with van der Waals surface area (Å²) in [4.78, 5) is 22.1. The number of imidazole rings is 2. The Bertz CT molecular complexity index is 2190. The van der Waals surface area contributed by atoms with Gasteiger partial charge in [0.25, 0.3) is 5.91 Å². The standard InChI is InChI=1S/C35H30FN9O/c1-23-12-31(36)30(34(46)42-27-14-24(19-44-11-9-38-22-44)13-26(16-27)35(2,3)21-37)15-25(23)7-8-29-18-39-33-32(6-5-10-45(29)33)41-28-17-40-43(4)20-28/h5-6,9-18,20,22,41H,19H2,1-4H3,(H,42,46). The highest BCUT2D eigenvalue weighted by Gasteiger charge is 2.22. The van der Waals surface area contributed by atoms with Crippen LogP contribution in [0, 0.1) is 35.9 Å². The van der Waals surface area contributed by atoms with Gasteiger partial charge in [0.2, 0.25) is 0 Å². The lowest BCUT2D eigenvalue weighted by Gasteiger charge is -2.19. The van der Waals surface area contributed by atoms with Gasteiger partial charge in [-0.2, -0.15) is 10.4 Å². The van der Waals surface area contributed by atoms with Crippen LogP contribution in [-0.4, -0.2) is 34.6 Å². The first kappa shape index (κ1) is 29.9. The Balaban J connectivity index is 1.28. The molecule has 228 valence electrons. The van der Waals surface area contributed by atoms with Crippen molar-refractivity contribution in [2.24, 2.45) is 7.05 Å². The minimum Gasteiger partial charge on any atom is -0.350 e. The van der Waals surface area contributed by atoms with Gasteiger partial charge < -0.3 is 15.2 Å². The maximum atomic E-state index is 15.2. The van der Waals surface area contributed by atoms with Crippen LogP contribution in [0.25, 0.3) is 5.65 Å². The molecule has 0 aliphatic carbocycles. The zero-order valence-electron chi connectivity index (χ0n) is 25.7. The number of halogens is 1. The topological polar surface area (TPSA) is 118 Å². The van der Waals surface area contributed by atoms with Crippen molar-refractivity contribution < 1.29 is 9.18 Å². The van der Waals surface area contributed by atoms with E-state index in [4.69, 9.17) is 0 Å². The van der Waals surface area contributed by atoms with Gasteiger partial charge in [-0.05, 0) is 79.8 Å². The van der Waals surface area contributed by atoms with Gasteiger partial charge in [0.1, 0.15) is 11.5 Å². The molecule has 4 heterocycles. The van der Waals surface area contributed by atoms with Crippen LogP contribution in [0.2, 0.25) is 0 Å². The van der Waals surface area contributed by atoms with Gasteiger partial charge in [0, 0.05) is 49.6 Å². The molecule has 2 N–H and O–H groups in total. The third-order valence-corrected chi connectivity index (χ3v) is 7.58. The molecule has 0 fully saturated rings. The van der Waals surface area contributed by atoms with Crippen LogP contribution in [0.5, 0.6) is 0 Å². The normalized spacial score (nSPS) is 11.1. The third-order valence-electron chi connectivity index (χ3n) is 7.58. The maximum absolute atomic E-state index is 15.2. The first-order valence-electron chi connectivity index (χ1n) is 14.5. The molecule has 0 spiro atoms. The molecular weight excluding hydrogens is 581 g/mol. The first-order chi connectivity index (χ1) is 22.1. The number of hydrogen-bond donors (Lipinski definition) is 2. The Kier molecular flexibility index (Phi) is 7.83. The SMILES string of the molecule is Cc1cc(F)c(C(=O)Nc2cc(Cn3ccnc3)cc(C(C)(C)C#N)c2)cc1C#Cc1cnc2c(Nc3cnn(C)c3)cccn12. The molecule has 0 aliphatic heterocycles. The smallest absolute Gasteiger partial charge is 0.258 e. The van der Waals surface area contributed by atoms with E-state index in [1.54, 1.807) is 56.4 Å². The van der Waals surface area contributed by atoms with Gasteiger partial charge in [-0.1, -0.05) is 12.0 Å². The van der Waals surface area contributed by atoms with Crippen LogP contribution in [0.1, 0.15) is 52.2 Å². The van der Waals surface area contributed by atoms with E-state index < -0.39 is 17.1 Å². The molecule has 0 unspecified atom stereocenters. The number of nitriles is 1. The van der Waals surface area contributed by atoms with Crippen LogP contribution in [0.15, 0.2) is 86.0 Å². The van der Waals surface area contributed by atoms with Crippen molar-refractivity contribution in [3.63, 3.8) is 0 Å². The van der Waals surface area contributed by atoms with Crippen LogP contribution < -0.4 is 10.6 Å². The molecule has 10 nitrogen and oxygen atoms in total. The van der Waals surface area contributed by atoms with Crippen molar-refractivity contribution in [1.29, 1.82) is 5.26 Å². The van der Waals surface area contributed by atoms with Crippen molar-refractivity contribution in [2.75, 3.05) is 10.6 Å². The lowest BCUT2D eigenvalue weighted by atomic mass is 9.85. The van der Waals surface area contributed by atoms with Crippen LogP contribution in [0.3, 0.4) is 0 Å². The van der Waals surface area contributed by atoms with E-state index >= 15 is 4.39 Å². The third kappa shape index (κ3) is 6.21. The first-order valence-corrected chi connectivity index (χ1v) is 14.5. The Morgan fingerprint density at radius 2 is 1.93 bits per heavy atom. The van der Waals surface area contributed by atoms with Crippen LogP contribution >= 0.6 is 0 Å². The number of rotatable bonds is 7. The van der Waals surface area contributed by atoms with Gasteiger partial charge in [0.15, 0.2) is 5.65 Å². The number of carbonyl (C=O) groups excluding carboxylic acids is 1. The molecule has 11 heteroatoms. The minimum atomic E-state index is -0.810. The van der Waals surface area contributed by atoms with Crippen LogP contribution in [0.4, 0.5) is 21.5 Å². The number of hydrogen-bond acceptors (Lipinski definition) is 6. The minimum absolute atomic E-state index is 0.142. The Morgan fingerprint density at radius 3 is 2.67 bits per heavy atom. The number of benzene rings is 2. The van der Waals surface area contributed by atoms with Crippen molar-refractivity contribution in [3.8, 4) is 17.9 Å². The highest BCUT2D eigenvalue weighted by Crippen LogP contribution is 2.28. The monoisotopic (exact) mass is 611 g/mol. The predicted molar refractivity (Wildman–Crippen MR) is 173 cm³/mol. The van der Waals surface area contributed by atoms with Gasteiger partial charge in [-0.3, -0.25) is 13.9 Å². The molecule has 6 aromatic rings. The maximum Gasteiger partial charge on any atom is 0.258 e. The summed E-state index contributed by atoms with van der Waals surface area (Å²) in [6.45, 7) is 5.85. The van der Waals surface area contributed by atoms with E-state index in [0.717, 1.165) is 22.5 Å². The quantitative estimate of drug-likeness (QED) is 0.215. The molecular formula is C35H30FN9O. The predicted octanol–water partition coefficient (Wildman–Crippen LogP) is 5.96. The molecule has 0 atom stereocenters. The molecule has 0 aliphatic rings. The molecule has 0 bridgehead atoms. The zero-order valence-corrected chi connectivity index (χ0v) is 25.7. The van der Waals surface area contributed by atoms with E-state index in [2.05, 4.69) is 43.6 Å². The molecule has 0 saturated carbocycles. The van der Waals surface area contributed by atoms with Crippen molar-refractivity contribution in [3.05, 3.63) is 125 Å². The summed E-state index contributed by atoms with van der Waals surface area (Å²) in [5.74, 6) is 4.95. The van der Waals surface area contributed by atoms with Gasteiger partial charge in [-0.25, -0.2) is 14.4 Å². The van der Waals surface area contributed by atoms with E-state index in [0.29, 0.717) is 34.7 Å². The number of aromatic nitrogens is 6. The van der Waals surface area contributed by atoms with Crippen molar-refractivity contribution in [2.45, 2.75) is 32.7 Å². The zero-order chi connectivity index (χ0) is 32.4. The Hall–Kier alpha value is -6.20. The summed E-state index contributed by atoms with van der Waals surface area (Å²) in [5, 5.41) is 20.1. The van der Waals surface area contributed by atoms with E-state index in [-0.39, 0.29) is 5.56 Å². The van der Waals surface area contributed by atoms with Crippen molar-refractivity contribution >= 4 is 28.6 Å². The Labute approximate surface area is 265 Å². The lowest BCUT2D eigenvalue weighted by molar-refractivity contribution is 0.102. The highest BCUT2D eigenvalue weighted by molar-refractivity contribution is 6.05. The van der Waals surface area contributed by atoms with Crippen molar-refractivity contribution in [1.82, 2.24) is 28.7 Å². The second-order valence-corrected chi connectivity index (χ2v) is 11.5. The fourth-order valence-electron chi connectivity index (χ4n) is 5.03. The average Bonchev–Trinajstić information content (AvgIpc) is 3.79. The molecule has 6 rings (SSSR count). The molecule has 0 saturated heterocycles. The summed E-state index contributed by atoms with van der Waals surface area (Å²) in [6.07, 6.45) is 12.3. The molecule has 1 amide bonds. The molecule has 46 heavy (non-hydrogen) atoms. The summed E-state index contributed by atoms with van der Waals surface area (Å²) in [7, 11) is 1.84. The van der Waals surface area contributed by atoms with Gasteiger partial charge in [0.05, 0.1) is 47.1 Å². The Morgan fingerprint density at radius 1 is 1.09 bits per heavy atom. The number of amides is 1. The number of carbonyl (C=O) groups is 1. The van der Waals surface area contributed by atoms with Gasteiger partial charge >= 0.3 is 0 Å². The summed E-state index contributed by atoms with van der Waals surface area (Å²) in [6, 6.07) is 14.4. The van der Waals surface area contributed by atoms with E-state index in [1.807, 2.05) is 58.9 Å².